The Morgan fingerprint density at radius 3 is 1.82 bits per heavy atom. The Morgan fingerprint density at radius 2 is 1.41 bits per heavy atom. The molecular weight excluding hydrogens is 232 g/mol. The minimum Gasteiger partial charge on any atom is -0.373 e. The molecule has 0 aromatic rings. The average Bonchev–Trinajstić information content (AvgIpc) is 2.25. The van der Waals surface area contributed by atoms with Crippen LogP contribution >= 0.6 is 12.6 Å². The second-order valence-electron chi connectivity index (χ2n) is 5.02. The molecule has 0 bridgehead atoms. The van der Waals surface area contributed by atoms with E-state index in [4.69, 9.17) is 0 Å². The SMILES string of the molecule is CCCCCCCCCCCC(=O)[C@@](C)(O)S. The molecule has 0 amide bonds. The van der Waals surface area contributed by atoms with Gasteiger partial charge in [0.05, 0.1) is 0 Å². The van der Waals surface area contributed by atoms with Crippen molar-refractivity contribution >= 4 is 18.4 Å². The molecule has 0 heterocycles. The van der Waals surface area contributed by atoms with Gasteiger partial charge >= 0.3 is 0 Å². The average molecular weight is 260 g/mol. The molecule has 102 valence electrons. The normalized spacial score (nSPS) is 14.6. The number of thiol groups is 1. The number of Topliss-reactive ketones (excluding diaryl/α,β-unsaturated/α-hetero) is 1. The number of hydrogen-bond donors (Lipinski definition) is 2. The highest BCUT2D eigenvalue weighted by Crippen LogP contribution is 2.16. The predicted molar refractivity (Wildman–Crippen MR) is 76.5 cm³/mol. The Morgan fingerprint density at radius 1 is 1.00 bits per heavy atom. The van der Waals surface area contributed by atoms with Gasteiger partial charge in [-0.1, -0.05) is 58.3 Å². The van der Waals surface area contributed by atoms with E-state index in [0.717, 1.165) is 12.8 Å². The molecule has 0 aromatic carbocycles. The van der Waals surface area contributed by atoms with Gasteiger partial charge in [0.15, 0.2) is 10.7 Å². The summed E-state index contributed by atoms with van der Waals surface area (Å²) < 4.78 is 0. The molecule has 1 N–H and O–H groups in total. The topological polar surface area (TPSA) is 37.3 Å². The second kappa shape index (κ2) is 9.95. The van der Waals surface area contributed by atoms with Crippen LogP contribution in [0.25, 0.3) is 0 Å². The zero-order valence-electron chi connectivity index (χ0n) is 11.4. The summed E-state index contributed by atoms with van der Waals surface area (Å²) in [5.74, 6) is -0.163. The molecule has 0 spiro atoms. The highest BCUT2D eigenvalue weighted by Gasteiger charge is 2.23. The van der Waals surface area contributed by atoms with Gasteiger partial charge in [0, 0.05) is 6.42 Å². The molecule has 0 aliphatic rings. The lowest BCUT2D eigenvalue weighted by Gasteiger charge is -2.13. The number of rotatable bonds is 11. The summed E-state index contributed by atoms with van der Waals surface area (Å²) in [4.78, 5) is 9.90. The van der Waals surface area contributed by atoms with Crippen LogP contribution in [-0.2, 0) is 4.79 Å². The van der Waals surface area contributed by atoms with E-state index in [1.54, 1.807) is 0 Å². The summed E-state index contributed by atoms with van der Waals surface area (Å²) in [6.07, 6.45) is 11.6. The van der Waals surface area contributed by atoms with E-state index >= 15 is 0 Å². The first-order valence-electron chi connectivity index (χ1n) is 6.96. The van der Waals surface area contributed by atoms with Crippen molar-refractivity contribution in [2.24, 2.45) is 0 Å². The van der Waals surface area contributed by atoms with Crippen LogP contribution in [0.2, 0.25) is 0 Å². The quantitative estimate of drug-likeness (QED) is 0.333. The monoisotopic (exact) mass is 260 g/mol. The van der Waals surface area contributed by atoms with Gasteiger partial charge in [0.2, 0.25) is 0 Å². The molecule has 0 unspecified atom stereocenters. The Labute approximate surface area is 112 Å². The van der Waals surface area contributed by atoms with E-state index in [1.807, 2.05) is 0 Å². The van der Waals surface area contributed by atoms with E-state index in [0.29, 0.717) is 6.42 Å². The van der Waals surface area contributed by atoms with Gasteiger partial charge in [-0.15, -0.1) is 12.6 Å². The molecule has 2 nitrogen and oxygen atoms in total. The van der Waals surface area contributed by atoms with Crippen molar-refractivity contribution in [2.75, 3.05) is 0 Å². The number of carbonyl (C=O) groups excluding carboxylic acids is 1. The highest BCUT2D eigenvalue weighted by molar-refractivity contribution is 7.82. The maximum atomic E-state index is 11.3. The Bertz CT molecular complexity index is 197. The molecule has 0 aromatic heterocycles. The number of hydrogen-bond acceptors (Lipinski definition) is 3. The van der Waals surface area contributed by atoms with E-state index in [1.165, 1.54) is 51.9 Å². The molecule has 0 radical (unpaired) electrons. The summed E-state index contributed by atoms with van der Waals surface area (Å²) in [5.41, 5.74) is 0. The van der Waals surface area contributed by atoms with E-state index in [-0.39, 0.29) is 5.78 Å². The van der Waals surface area contributed by atoms with Gasteiger partial charge < -0.3 is 5.11 Å². The fraction of sp³-hybridized carbons (Fsp3) is 0.929. The molecule has 0 saturated heterocycles. The van der Waals surface area contributed by atoms with Gasteiger partial charge in [-0.25, -0.2) is 0 Å². The molecule has 17 heavy (non-hydrogen) atoms. The maximum absolute atomic E-state index is 11.3. The highest BCUT2D eigenvalue weighted by atomic mass is 32.1. The molecule has 0 aliphatic carbocycles. The van der Waals surface area contributed by atoms with E-state index < -0.39 is 4.93 Å². The van der Waals surface area contributed by atoms with Crippen molar-refractivity contribution in [1.82, 2.24) is 0 Å². The first-order valence-corrected chi connectivity index (χ1v) is 7.41. The van der Waals surface area contributed by atoms with Crippen LogP contribution in [0, 0.1) is 0 Å². The number of aliphatic hydroxyl groups is 1. The fourth-order valence-electron chi connectivity index (χ4n) is 1.83. The standard InChI is InChI=1S/C14H28O2S/c1-3-4-5-6-7-8-9-10-11-12-13(15)14(2,16)17/h16-17H,3-12H2,1-2H3/t14-/m0/s1. The third-order valence-electron chi connectivity index (χ3n) is 3.04. The largest absolute Gasteiger partial charge is 0.373 e. The molecule has 3 heteroatoms. The third kappa shape index (κ3) is 10.8. The number of ketones is 1. The zero-order valence-corrected chi connectivity index (χ0v) is 12.3. The van der Waals surface area contributed by atoms with Crippen molar-refractivity contribution in [1.29, 1.82) is 0 Å². The van der Waals surface area contributed by atoms with Crippen LogP contribution in [0.5, 0.6) is 0 Å². The summed E-state index contributed by atoms with van der Waals surface area (Å²) in [7, 11) is 0. The molecule has 0 rings (SSSR count). The minimum atomic E-state index is -1.44. The van der Waals surface area contributed by atoms with Crippen LogP contribution in [0.4, 0.5) is 0 Å². The zero-order chi connectivity index (χ0) is 13.1. The van der Waals surface area contributed by atoms with Crippen molar-refractivity contribution < 1.29 is 9.90 Å². The molecule has 0 fully saturated rings. The van der Waals surface area contributed by atoms with Gasteiger partial charge in [0.25, 0.3) is 0 Å². The molecule has 0 saturated carbocycles. The maximum Gasteiger partial charge on any atom is 0.174 e. The molecule has 1 atom stereocenters. The lowest BCUT2D eigenvalue weighted by atomic mass is 10.0. The van der Waals surface area contributed by atoms with Gasteiger partial charge in [0.1, 0.15) is 0 Å². The molecule has 0 aliphatic heterocycles. The minimum absolute atomic E-state index is 0.163. The van der Waals surface area contributed by atoms with Gasteiger partial charge in [-0.05, 0) is 13.3 Å². The van der Waals surface area contributed by atoms with Crippen molar-refractivity contribution in [3.8, 4) is 0 Å². The van der Waals surface area contributed by atoms with Crippen LogP contribution in [0.15, 0.2) is 0 Å². The van der Waals surface area contributed by atoms with Crippen molar-refractivity contribution in [3.63, 3.8) is 0 Å². The first kappa shape index (κ1) is 17.0. The summed E-state index contributed by atoms with van der Waals surface area (Å²) >= 11 is 3.85. The van der Waals surface area contributed by atoms with Crippen molar-refractivity contribution in [3.05, 3.63) is 0 Å². The van der Waals surface area contributed by atoms with Crippen molar-refractivity contribution in [2.45, 2.75) is 83.0 Å². The Hall–Kier alpha value is -0.0200. The number of unbranched alkanes of at least 4 members (excludes halogenated alkanes) is 8. The van der Waals surface area contributed by atoms with Gasteiger partial charge in [-0.3, -0.25) is 4.79 Å². The van der Waals surface area contributed by atoms with E-state index in [9.17, 15) is 9.90 Å². The fourth-order valence-corrected chi connectivity index (χ4v) is 1.94. The third-order valence-corrected chi connectivity index (χ3v) is 3.29. The second-order valence-corrected chi connectivity index (χ2v) is 5.89. The van der Waals surface area contributed by atoms with Crippen LogP contribution in [-0.4, -0.2) is 15.8 Å². The Balaban J connectivity index is 3.22. The van der Waals surface area contributed by atoms with Crippen LogP contribution in [0.1, 0.15) is 78.1 Å². The smallest absolute Gasteiger partial charge is 0.174 e. The molecular formula is C14H28O2S. The lowest BCUT2D eigenvalue weighted by molar-refractivity contribution is -0.128. The Kier molecular flexibility index (Phi) is 9.94. The summed E-state index contributed by atoms with van der Waals surface area (Å²) in [6.45, 7) is 3.67. The number of carbonyl (C=O) groups is 1. The first-order chi connectivity index (χ1) is 7.98. The predicted octanol–water partition coefficient (Wildman–Crippen LogP) is 4.11. The van der Waals surface area contributed by atoms with Crippen LogP contribution in [0.3, 0.4) is 0 Å². The summed E-state index contributed by atoms with van der Waals surface area (Å²) in [5, 5.41) is 9.32. The van der Waals surface area contributed by atoms with Gasteiger partial charge in [-0.2, -0.15) is 0 Å². The lowest BCUT2D eigenvalue weighted by Crippen LogP contribution is -2.27. The van der Waals surface area contributed by atoms with E-state index in [2.05, 4.69) is 19.6 Å². The van der Waals surface area contributed by atoms with Crippen LogP contribution < -0.4 is 0 Å². The summed E-state index contributed by atoms with van der Waals surface area (Å²) in [6, 6.07) is 0.